The monoisotopic (exact) mass is 284 g/mol. The van der Waals surface area contributed by atoms with Gasteiger partial charge in [-0.1, -0.05) is 0 Å². The maximum atomic E-state index is 8.67. The lowest BCUT2D eigenvalue weighted by Gasteiger charge is -2.07. The molecule has 0 aromatic carbocycles. The number of aromatic nitrogens is 4. The highest BCUT2D eigenvalue weighted by Gasteiger charge is 2.01. The van der Waals surface area contributed by atoms with Crippen LogP contribution in [0.4, 0.5) is 17.5 Å². The van der Waals surface area contributed by atoms with Gasteiger partial charge in [0.2, 0.25) is 0 Å². The first kappa shape index (κ1) is 14.6. The third-order valence-corrected chi connectivity index (χ3v) is 2.63. The molecule has 8 heteroatoms. The van der Waals surface area contributed by atoms with Crippen molar-refractivity contribution in [3.63, 3.8) is 0 Å². The van der Waals surface area contributed by atoms with E-state index in [1.54, 1.807) is 6.07 Å². The molecule has 2 aromatic rings. The first-order chi connectivity index (χ1) is 10.3. The molecule has 0 spiro atoms. The van der Waals surface area contributed by atoms with Crippen molar-refractivity contribution in [3.8, 4) is 6.07 Å². The van der Waals surface area contributed by atoms with Crippen LogP contribution in [0.5, 0.6) is 0 Å². The van der Waals surface area contributed by atoms with Gasteiger partial charge in [-0.15, -0.1) is 0 Å². The Labute approximate surface area is 122 Å². The van der Waals surface area contributed by atoms with Crippen LogP contribution < -0.4 is 16.4 Å². The molecule has 0 atom stereocenters. The van der Waals surface area contributed by atoms with Crippen molar-refractivity contribution < 1.29 is 0 Å². The third kappa shape index (κ3) is 4.67. The van der Waals surface area contributed by atoms with Crippen LogP contribution in [0, 0.1) is 11.3 Å². The predicted molar refractivity (Wildman–Crippen MR) is 78.8 cm³/mol. The smallest absolute Gasteiger partial charge is 0.158 e. The van der Waals surface area contributed by atoms with E-state index in [2.05, 4.69) is 30.6 Å². The van der Waals surface area contributed by atoms with Gasteiger partial charge in [0.1, 0.15) is 29.9 Å². The Morgan fingerprint density at radius 2 is 1.90 bits per heavy atom. The molecule has 0 saturated carbocycles. The predicted octanol–water partition coefficient (Wildman–Crippen LogP) is 1.03. The Hall–Kier alpha value is -2.79. The molecular formula is C13H16N8. The Balaban J connectivity index is 1.95. The molecule has 2 rings (SSSR count). The summed E-state index contributed by atoms with van der Waals surface area (Å²) in [7, 11) is 0. The molecule has 0 fully saturated rings. The summed E-state index contributed by atoms with van der Waals surface area (Å²) in [5, 5.41) is 14.9. The van der Waals surface area contributed by atoms with Crippen molar-refractivity contribution in [2.24, 2.45) is 5.73 Å². The van der Waals surface area contributed by atoms with Gasteiger partial charge in [-0.05, 0) is 19.4 Å². The van der Waals surface area contributed by atoms with Gasteiger partial charge in [0, 0.05) is 12.6 Å². The molecule has 0 aliphatic heterocycles. The fraction of sp³-hybridized carbons (Fsp3) is 0.308. The molecule has 8 nitrogen and oxygen atoms in total. The maximum Gasteiger partial charge on any atom is 0.158 e. The van der Waals surface area contributed by atoms with Gasteiger partial charge in [-0.25, -0.2) is 19.9 Å². The van der Waals surface area contributed by atoms with Crippen molar-refractivity contribution in [2.75, 3.05) is 23.7 Å². The fourth-order valence-corrected chi connectivity index (χ4v) is 1.59. The zero-order valence-electron chi connectivity index (χ0n) is 11.5. The molecule has 0 unspecified atom stereocenters. The molecule has 0 bridgehead atoms. The number of nitriles is 1. The van der Waals surface area contributed by atoms with E-state index in [1.165, 1.54) is 18.7 Å². The second-order valence-electron chi connectivity index (χ2n) is 4.23. The van der Waals surface area contributed by atoms with Gasteiger partial charge in [-0.3, -0.25) is 0 Å². The second kappa shape index (κ2) is 7.72. The first-order valence-electron chi connectivity index (χ1n) is 6.57. The number of nitrogens with one attached hydrogen (secondary N) is 2. The molecule has 0 saturated heterocycles. The summed E-state index contributed by atoms with van der Waals surface area (Å²) < 4.78 is 0. The lowest BCUT2D eigenvalue weighted by molar-refractivity contribution is 0.772. The number of hydrogen-bond acceptors (Lipinski definition) is 8. The summed E-state index contributed by atoms with van der Waals surface area (Å²) in [5.74, 6) is 1.85. The van der Waals surface area contributed by atoms with Crippen molar-refractivity contribution in [1.82, 2.24) is 19.9 Å². The van der Waals surface area contributed by atoms with Crippen LogP contribution in [0.1, 0.15) is 18.5 Å². The van der Waals surface area contributed by atoms with Crippen LogP contribution in [0.2, 0.25) is 0 Å². The molecule has 0 amide bonds. The van der Waals surface area contributed by atoms with E-state index in [9.17, 15) is 0 Å². The summed E-state index contributed by atoms with van der Waals surface area (Å²) in [6.45, 7) is 1.50. The quantitative estimate of drug-likeness (QED) is 0.644. The minimum absolute atomic E-state index is 0.269. The van der Waals surface area contributed by atoms with Crippen LogP contribution in [0.25, 0.3) is 0 Å². The highest BCUT2D eigenvalue weighted by Crippen LogP contribution is 2.13. The van der Waals surface area contributed by atoms with Gasteiger partial charge in [0.25, 0.3) is 0 Å². The van der Waals surface area contributed by atoms with E-state index in [4.69, 9.17) is 11.0 Å². The summed E-state index contributed by atoms with van der Waals surface area (Å²) in [6, 6.07) is 3.69. The van der Waals surface area contributed by atoms with Crippen LogP contribution in [-0.2, 0) is 0 Å². The topological polar surface area (TPSA) is 125 Å². The number of nitrogens with two attached hydrogens (primary N) is 1. The number of hydrogen-bond donors (Lipinski definition) is 3. The second-order valence-corrected chi connectivity index (χ2v) is 4.23. The number of rotatable bonds is 7. The van der Waals surface area contributed by atoms with Crippen molar-refractivity contribution >= 4 is 17.5 Å². The van der Waals surface area contributed by atoms with Crippen LogP contribution in [0.3, 0.4) is 0 Å². The summed E-state index contributed by atoms with van der Waals surface area (Å²) in [4.78, 5) is 16.2. The lowest BCUT2D eigenvalue weighted by Crippen LogP contribution is -2.07. The molecule has 4 N–H and O–H groups in total. The van der Waals surface area contributed by atoms with E-state index < -0.39 is 0 Å². The van der Waals surface area contributed by atoms with Crippen LogP contribution >= 0.6 is 0 Å². The number of unbranched alkanes of at least 4 members (excludes halogenated alkanes) is 1. The Morgan fingerprint density at radius 1 is 1.05 bits per heavy atom. The first-order valence-corrected chi connectivity index (χ1v) is 6.57. The van der Waals surface area contributed by atoms with E-state index in [0.717, 1.165) is 25.2 Å². The standard InChI is InChI=1S/C13H16N8/c14-3-1-2-4-16-11-5-12(20-9-19-11)21-13-8-17-10(6-15)7-18-13/h5,7-9H,1-4,14H2,(H2,16,18,19,20,21). The van der Waals surface area contributed by atoms with Gasteiger partial charge >= 0.3 is 0 Å². The fourth-order valence-electron chi connectivity index (χ4n) is 1.59. The highest BCUT2D eigenvalue weighted by molar-refractivity contribution is 5.54. The highest BCUT2D eigenvalue weighted by atomic mass is 15.1. The molecule has 0 aliphatic rings. The molecule has 0 aliphatic carbocycles. The molecule has 2 heterocycles. The van der Waals surface area contributed by atoms with Crippen molar-refractivity contribution in [3.05, 3.63) is 30.5 Å². The summed E-state index contributed by atoms with van der Waals surface area (Å²) in [6.07, 6.45) is 6.31. The zero-order valence-corrected chi connectivity index (χ0v) is 11.5. The van der Waals surface area contributed by atoms with Gasteiger partial charge in [0.15, 0.2) is 5.69 Å². The van der Waals surface area contributed by atoms with Gasteiger partial charge < -0.3 is 16.4 Å². The minimum atomic E-state index is 0.269. The summed E-state index contributed by atoms with van der Waals surface area (Å²) >= 11 is 0. The van der Waals surface area contributed by atoms with Crippen LogP contribution in [-0.4, -0.2) is 33.0 Å². The van der Waals surface area contributed by atoms with Crippen LogP contribution in [0.15, 0.2) is 24.8 Å². The zero-order chi connectivity index (χ0) is 14.9. The van der Waals surface area contributed by atoms with E-state index in [1.807, 2.05) is 6.07 Å². The lowest BCUT2D eigenvalue weighted by atomic mass is 10.3. The van der Waals surface area contributed by atoms with E-state index >= 15 is 0 Å². The average molecular weight is 284 g/mol. The Morgan fingerprint density at radius 3 is 2.62 bits per heavy atom. The Kier molecular flexibility index (Phi) is 5.37. The number of nitrogens with zero attached hydrogens (tertiary/aromatic N) is 5. The molecule has 2 aromatic heterocycles. The minimum Gasteiger partial charge on any atom is -0.370 e. The SMILES string of the molecule is N#Cc1cnc(Nc2cc(NCCCCN)ncn2)cn1. The average Bonchev–Trinajstić information content (AvgIpc) is 2.53. The summed E-state index contributed by atoms with van der Waals surface area (Å²) in [5.41, 5.74) is 5.71. The van der Waals surface area contributed by atoms with Crippen molar-refractivity contribution in [1.29, 1.82) is 5.26 Å². The Bertz CT molecular complexity index is 604. The van der Waals surface area contributed by atoms with Gasteiger partial charge in [-0.2, -0.15) is 5.26 Å². The number of anilines is 3. The van der Waals surface area contributed by atoms with Gasteiger partial charge in [0.05, 0.1) is 12.4 Å². The third-order valence-electron chi connectivity index (χ3n) is 2.63. The molecular weight excluding hydrogens is 268 g/mol. The molecule has 108 valence electrons. The maximum absolute atomic E-state index is 8.67. The van der Waals surface area contributed by atoms with E-state index in [0.29, 0.717) is 18.2 Å². The molecule has 0 radical (unpaired) electrons. The largest absolute Gasteiger partial charge is 0.370 e. The normalized spacial score (nSPS) is 9.90. The molecule has 21 heavy (non-hydrogen) atoms. The van der Waals surface area contributed by atoms with E-state index in [-0.39, 0.29) is 5.69 Å². The van der Waals surface area contributed by atoms with Crippen molar-refractivity contribution in [2.45, 2.75) is 12.8 Å².